The van der Waals surface area contributed by atoms with Gasteiger partial charge in [-0.1, -0.05) is 6.07 Å². The predicted octanol–water partition coefficient (Wildman–Crippen LogP) is 3.22. The molecule has 0 saturated heterocycles. The molecule has 0 aliphatic carbocycles. The summed E-state index contributed by atoms with van der Waals surface area (Å²) in [6, 6.07) is 13.2. The van der Waals surface area contributed by atoms with E-state index in [0.29, 0.717) is 30.2 Å². The number of hydrogen-bond donors (Lipinski definition) is 1. The number of rotatable bonds is 2. The van der Waals surface area contributed by atoms with Gasteiger partial charge in [-0.25, -0.2) is 0 Å². The number of nitrogens with one attached hydrogen (secondary N) is 1. The fourth-order valence-electron chi connectivity index (χ4n) is 2.87. The van der Waals surface area contributed by atoms with Crippen molar-refractivity contribution in [2.75, 3.05) is 25.2 Å². The van der Waals surface area contributed by atoms with Crippen molar-refractivity contribution < 1.29 is 14.3 Å². The highest BCUT2D eigenvalue weighted by Gasteiger charge is 2.25. The third-order valence-corrected chi connectivity index (χ3v) is 4.08. The summed E-state index contributed by atoms with van der Waals surface area (Å²) in [4.78, 5) is 17.8. The molecule has 3 aromatic rings. The maximum absolute atomic E-state index is 12.9. The van der Waals surface area contributed by atoms with Gasteiger partial charge in [-0.15, -0.1) is 0 Å². The molecule has 0 saturated carbocycles. The number of H-pyrrole nitrogens is 1. The van der Waals surface area contributed by atoms with E-state index in [1.807, 2.05) is 48.7 Å². The zero-order valence-corrected chi connectivity index (χ0v) is 12.7. The first kappa shape index (κ1) is 13.7. The molecule has 1 aliphatic heterocycles. The zero-order chi connectivity index (χ0) is 15.8. The molecular weight excluding hydrogens is 292 g/mol. The van der Waals surface area contributed by atoms with Crippen LogP contribution in [-0.4, -0.2) is 31.2 Å². The van der Waals surface area contributed by atoms with Gasteiger partial charge in [0.25, 0.3) is 5.91 Å². The Kier molecular flexibility index (Phi) is 3.19. The van der Waals surface area contributed by atoms with Gasteiger partial charge in [0, 0.05) is 23.3 Å². The van der Waals surface area contributed by atoms with E-state index in [1.165, 1.54) is 0 Å². The number of aromatic nitrogens is 1. The molecule has 1 aliphatic rings. The Bertz CT molecular complexity index is 885. The number of nitrogens with zero attached hydrogens (tertiary/aromatic N) is 1. The summed E-state index contributed by atoms with van der Waals surface area (Å²) in [6.07, 6.45) is 1.87. The van der Waals surface area contributed by atoms with E-state index in [9.17, 15) is 4.79 Å². The van der Waals surface area contributed by atoms with E-state index >= 15 is 0 Å². The fraction of sp³-hybridized carbons (Fsp3) is 0.167. The molecule has 0 fully saturated rings. The molecule has 2 heterocycles. The van der Waals surface area contributed by atoms with E-state index in [2.05, 4.69) is 4.98 Å². The van der Waals surface area contributed by atoms with Crippen LogP contribution >= 0.6 is 0 Å². The van der Waals surface area contributed by atoms with Crippen LogP contribution in [0.1, 0.15) is 10.4 Å². The highest BCUT2D eigenvalue weighted by Crippen LogP contribution is 2.35. The number of hydrogen-bond acceptors (Lipinski definition) is 3. The van der Waals surface area contributed by atoms with Crippen molar-refractivity contribution in [1.29, 1.82) is 0 Å². The number of methoxy groups -OCH3 is 1. The molecule has 1 aromatic heterocycles. The van der Waals surface area contributed by atoms with Crippen LogP contribution in [0.25, 0.3) is 10.9 Å². The van der Waals surface area contributed by atoms with Crippen LogP contribution in [0, 0.1) is 0 Å². The third-order valence-electron chi connectivity index (χ3n) is 4.08. The van der Waals surface area contributed by atoms with Crippen molar-refractivity contribution in [3.05, 3.63) is 54.2 Å². The highest BCUT2D eigenvalue weighted by molar-refractivity contribution is 6.08. The van der Waals surface area contributed by atoms with Crippen LogP contribution in [0.3, 0.4) is 0 Å². The Morgan fingerprint density at radius 1 is 1.22 bits per heavy atom. The van der Waals surface area contributed by atoms with Gasteiger partial charge in [-0.3, -0.25) is 4.79 Å². The molecule has 5 nitrogen and oxygen atoms in total. The van der Waals surface area contributed by atoms with Crippen LogP contribution < -0.4 is 14.4 Å². The van der Waals surface area contributed by atoms with Crippen LogP contribution in [0.15, 0.2) is 48.7 Å². The topological polar surface area (TPSA) is 54.6 Å². The molecule has 23 heavy (non-hydrogen) atoms. The Hall–Kier alpha value is -2.95. The molecule has 0 spiro atoms. The summed E-state index contributed by atoms with van der Waals surface area (Å²) in [7, 11) is 1.61. The lowest BCUT2D eigenvalue weighted by atomic mass is 10.1. The highest BCUT2D eigenvalue weighted by atomic mass is 16.5. The van der Waals surface area contributed by atoms with Gasteiger partial charge in [-0.2, -0.15) is 0 Å². The lowest BCUT2D eigenvalue weighted by Gasteiger charge is -2.30. The number of carbonyl (C=O) groups is 1. The van der Waals surface area contributed by atoms with Crippen molar-refractivity contribution in [3.8, 4) is 11.5 Å². The maximum Gasteiger partial charge on any atom is 0.258 e. The summed E-state index contributed by atoms with van der Waals surface area (Å²) in [5.41, 5.74) is 2.35. The summed E-state index contributed by atoms with van der Waals surface area (Å²) in [5, 5.41) is 1.09. The fourth-order valence-corrected chi connectivity index (χ4v) is 2.87. The maximum atomic E-state index is 12.9. The van der Waals surface area contributed by atoms with Crippen molar-refractivity contribution >= 4 is 22.5 Å². The minimum atomic E-state index is -0.0423. The van der Waals surface area contributed by atoms with E-state index in [0.717, 1.165) is 16.6 Å². The molecular formula is C18H16N2O3. The Balaban J connectivity index is 1.74. The molecule has 0 radical (unpaired) electrons. The van der Waals surface area contributed by atoms with Crippen molar-refractivity contribution in [2.45, 2.75) is 0 Å². The van der Waals surface area contributed by atoms with Gasteiger partial charge in [0.05, 0.1) is 19.3 Å². The molecule has 116 valence electrons. The zero-order valence-electron chi connectivity index (χ0n) is 12.7. The molecule has 1 N–H and O–H groups in total. The van der Waals surface area contributed by atoms with Crippen LogP contribution in [0.4, 0.5) is 5.69 Å². The lowest BCUT2D eigenvalue weighted by molar-refractivity contribution is 0.0976. The standard InChI is InChI=1S/C18H16N2O3/c1-22-14-4-5-17-16(11-14)20(8-9-23-17)18(21)13-3-2-12-6-7-19-15(12)10-13/h2-7,10-11,19H,8-9H2,1H3. The molecule has 0 bridgehead atoms. The molecule has 4 rings (SSSR count). The smallest absolute Gasteiger partial charge is 0.258 e. The van der Waals surface area contributed by atoms with Crippen molar-refractivity contribution in [1.82, 2.24) is 4.98 Å². The minimum absolute atomic E-state index is 0.0423. The van der Waals surface area contributed by atoms with Gasteiger partial charge in [0.1, 0.15) is 18.1 Å². The first-order valence-electron chi connectivity index (χ1n) is 7.46. The van der Waals surface area contributed by atoms with Gasteiger partial charge < -0.3 is 19.4 Å². The second-order valence-electron chi connectivity index (χ2n) is 5.42. The van der Waals surface area contributed by atoms with Crippen LogP contribution in [0.5, 0.6) is 11.5 Å². The number of fused-ring (bicyclic) bond motifs is 2. The SMILES string of the molecule is COc1ccc2c(c1)N(C(=O)c1ccc3cc[nH]c3c1)CCO2. The number of carbonyl (C=O) groups excluding carboxylic acids is 1. The number of anilines is 1. The van der Waals surface area contributed by atoms with Crippen molar-refractivity contribution in [2.24, 2.45) is 0 Å². The second-order valence-corrected chi connectivity index (χ2v) is 5.42. The normalized spacial score (nSPS) is 13.5. The van der Waals surface area contributed by atoms with E-state index in [4.69, 9.17) is 9.47 Å². The molecule has 2 aromatic carbocycles. The monoisotopic (exact) mass is 308 g/mol. The van der Waals surface area contributed by atoms with Crippen LogP contribution in [0.2, 0.25) is 0 Å². The number of ether oxygens (including phenoxy) is 2. The van der Waals surface area contributed by atoms with Crippen molar-refractivity contribution in [3.63, 3.8) is 0 Å². The summed E-state index contributed by atoms with van der Waals surface area (Å²) >= 11 is 0. The minimum Gasteiger partial charge on any atom is -0.497 e. The molecule has 0 unspecified atom stereocenters. The number of benzene rings is 2. The van der Waals surface area contributed by atoms with E-state index < -0.39 is 0 Å². The quantitative estimate of drug-likeness (QED) is 0.791. The first-order chi connectivity index (χ1) is 11.3. The van der Waals surface area contributed by atoms with Gasteiger partial charge in [0.2, 0.25) is 0 Å². The molecule has 5 heteroatoms. The summed E-state index contributed by atoms with van der Waals surface area (Å²) < 4.78 is 10.9. The average molecular weight is 308 g/mol. The first-order valence-corrected chi connectivity index (χ1v) is 7.46. The van der Waals surface area contributed by atoms with Gasteiger partial charge >= 0.3 is 0 Å². The summed E-state index contributed by atoms with van der Waals surface area (Å²) in [5.74, 6) is 1.36. The average Bonchev–Trinajstić information content (AvgIpc) is 3.07. The summed E-state index contributed by atoms with van der Waals surface area (Å²) in [6.45, 7) is 0.998. The second kappa shape index (κ2) is 5.35. The lowest BCUT2D eigenvalue weighted by Crippen LogP contribution is -2.37. The number of aromatic amines is 1. The Labute approximate surface area is 133 Å². The predicted molar refractivity (Wildman–Crippen MR) is 88.5 cm³/mol. The number of amides is 1. The largest absolute Gasteiger partial charge is 0.497 e. The van der Waals surface area contributed by atoms with Gasteiger partial charge in [0.15, 0.2) is 0 Å². The molecule has 1 amide bonds. The Morgan fingerprint density at radius 2 is 2.13 bits per heavy atom. The van der Waals surface area contributed by atoms with Gasteiger partial charge in [-0.05, 0) is 35.7 Å². The van der Waals surface area contributed by atoms with Crippen LogP contribution in [-0.2, 0) is 0 Å². The Morgan fingerprint density at radius 3 is 3.00 bits per heavy atom. The third kappa shape index (κ3) is 2.30. The van der Waals surface area contributed by atoms with E-state index in [-0.39, 0.29) is 5.91 Å². The molecule has 0 atom stereocenters. The van der Waals surface area contributed by atoms with E-state index in [1.54, 1.807) is 12.0 Å².